The van der Waals surface area contributed by atoms with Crippen molar-refractivity contribution >= 4 is 22.6 Å². The first kappa shape index (κ1) is 15.7. The minimum atomic E-state index is -0.766. The maximum Gasteiger partial charge on any atom is 0.267 e. The molecule has 1 amide bonds. The molecule has 8 nitrogen and oxygen atoms in total. The molecule has 128 valence electrons. The van der Waals surface area contributed by atoms with E-state index in [1.165, 1.54) is 15.0 Å². The number of carbonyl (C=O) groups is 1. The van der Waals surface area contributed by atoms with Gasteiger partial charge >= 0.3 is 0 Å². The fourth-order valence-corrected chi connectivity index (χ4v) is 2.90. The number of nitrogens with zero attached hydrogens (tertiary/aromatic N) is 4. The van der Waals surface area contributed by atoms with Gasteiger partial charge in [0, 0.05) is 18.6 Å². The molecule has 4 heterocycles. The highest BCUT2D eigenvalue weighted by Gasteiger charge is 2.16. The largest absolute Gasteiger partial charge is 0.365 e. The first-order valence-corrected chi connectivity index (χ1v) is 7.84. The zero-order chi connectivity index (χ0) is 18.3. The molecule has 0 atom stereocenters. The van der Waals surface area contributed by atoms with Gasteiger partial charge in [-0.15, -0.1) is 0 Å². The van der Waals surface area contributed by atoms with Crippen molar-refractivity contribution in [2.75, 3.05) is 0 Å². The molecule has 0 aliphatic heterocycles. The summed E-state index contributed by atoms with van der Waals surface area (Å²) in [5, 5.41) is 8.61. The molecular weight excluding hydrogens is 332 g/mol. The second-order valence-electron chi connectivity index (χ2n) is 5.80. The predicted molar refractivity (Wildman–Crippen MR) is 94.7 cm³/mol. The third kappa shape index (κ3) is 2.44. The lowest BCUT2D eigenvalue weighted by atomic mass is 10.2. The van der Waals surface area contributed by atoms with Gasteiger partial charge in [0.25, 0.3) is 11.5 Å². The number of hydrogen-bond acceptors (Lipinski definition) is 5. The number of primary amides is 1. The summed E-state index contributed by atoms with van der Waals surface area (Å²) in [7, 11) is 0. The number of aromatic nitrogens is 4. The zero-order valence-corrected chi connectivity index (χ0v) is 13.6. The van der Waals surface area contributed by atoms with Gasteiger partial charge in [0.15, 0.2) is 0 Å². The molecule has 0 unspecified atom stereocenters. The van der Waals surface area contributed by atoms with Gasteiger partial charge in [-0.25, -0.2) is 4.98 Å². The molecule has 4 aromatic heterocycles. The minimum Gasteiger partial charge on any atom is -0.365 e. The summed E-state index contributed by atoms with van der Waals surface area (Å²) in [5.41, 5.74) is 6.62. The molecule has 0 fully saturated rings. The molecule has 0 aliphatic rings. The van der Waals surface area contributed by atoms with Crippen LogP contribution in [-0.2, 0) is 6.54 Å². The molecule has 0 saturated carbocycles. The molecule has 0 aliphatic carbocycles. The van der Waals surface area contributed by atoms with Crippen LogP contribution in [0.15, 0.2) is 59.8 Å². The second-order valence-corrected chi connectivity index (χ2v) is 5.80. The Labute approximate surface area is 146 Å². The summed E-state index contributed by atoms with van der Waals surface area (Å²) in [6, 6.07) is 10.1. The Hall–Kier alpha value is -3.81. The highest BCUT2D eigenvalue weighted by Crippen LogP contribution is 2.12. The van der Waals surface area contributed by atoms with E-state index in [0.717, 1.165) is 5.56 Å². The van der Waals surface area contributed by atoms with Crippen LogP contribution >= 0.6 is 0 Å². The summed E-state index contributed by atoms with van der Waals surface area (Å²) in [4.78, 5) is 33.2. The highest BCUT2D eigenvalue weighted by atomic mass is 16.1. The van der Waals surface area contributed by atoms with Gasteiger partial charge in [-0.3, -0.25) is 24.4 Å². The van der Waals surface area contributed by atoms with Gasteiger partial charge in [0.05, 0.1) is 17.5 Å². The molecule has 26 heavy (non-hydrogen) atoms. The van der Waals surface area contributed by atoms with Gasteiger partial charge in [0.2, 0.25) is 0 Å². The lowest BCUT2D eigenvalue weighted by molar-refractivity contribution is 0.0998. The normalized spacial score (nSPS) is 11.1. The van der Waals surface area contributed by atoms with E-state index in [1.807, 2.05) is 0 Å². The Kier molecular flexibility index (Phi) is 3.58. The molecule has 0 spiro atoms. The first-order chi connectivity index (χ1) is 12.6. The van der Waals surface area contributed by atoms with Crippen molar-refractivity contribution in [2.45, 2.75) is 6.54 Å². The topological polar surface area (TPSA) is 119 Å². The Morgan fingerprint density at radius 2 is 1.96 bits per heavy atom. The lowest BCUT2D eigenvalue weighted by Gasteiger charge is -2.13. The van der Waals surface area contributed by atoms with Gasteiger partial charge in [-0.2, -0.15) is 0 Å². The number of fused-ring (bicyclic) bond motifs is 2. The van der Waals surface area contributed by atoms with E-state index in [4.69, 9.17) is 11.1 Å². The van der Waals surface area contributed by atoms with E-state index in [0.29, 0.717) is 11.3 Å². The van der Waals surface area contributed by atoms with Gasteiger partial charge < -0.3 is 10.3 Å². The van der Waals surface area contributed by atoms with Crippen LogP contribution < -0.4 is 16.8 Å². The monoisotopic (exact) mass is 346 g/mol. The predicted octanol–water partition coefficient (Wildman–Crippen LogP) is 0.671. The van der Waals surface area contributed by atoms with Gasteiger partial charge in [-0.1, -0.05) is 6.07 Å². The van der Waals surface area contributed by atoms with E-state index in [1.54, 1.807) is 48.9 Å². The Morgan fingerprint density at radius 3 is 2.69 bits per heavy atom. The quantitative estimate of drug-likeness (QED) is 0.530. The molecule has 4 aromatic rings. The van der Waals surface area contributed by atoms with Crippen LogP contribution in [0.25, 0.3) is 16.7 Å². The zero-order valence-electron chi connectivity index (χ0n) is 13.6. The van der Waals surface area contributed by atoms with Crippen LogP contribution in [0, 0.1) is 5.41 Å². The van der Waals surface area contributed by atoms with Crippen molar-refractivity contribution in [3.8, 4) is 0 Å². The molecular formula is C18H14N6O2. The second kappa shape index (κ2) is 5.92. The molecule has 0 bridgehead atoms. The number of amides is 1. The average Bonchev–Trinajstić information content (AvgIpc) is 2.65. The van der Waals surface area contributed by atoms with Crippen LogP contribution in [0.4, 0.5) is 0 Å². The third-order valence-electron chi connectivity index (χ3n) is 4.17. The maximum absolute atomic E-state index is 12.9. The lowest BCUT2D eigenvalue weighted by Crippen LogP contribution is -2.32. The third-order valence-corrected chi connectivity index (χ3v) is 4.17. The van der Waals surface area contributed by atoms with Gasteiger partial charge in [0.1, 0.15) is 16.8 Å². The van der Waals surface area contributed by atoms with Crippen LogP contribution in [0.1, 0.15) is 15.9 Å². The number of hydrogen-bond donors (Lipinski definition) is 2. The number of pyridine rings is 3. The standard InChI is InChI=1S/C18H14N6O2/c19-15-12(16(20)25)9-13-17(24(15)10-11-4-6-21-7-5-11)22-14-3-1-2-8-23(14)18(13)26/h1-9,19H,10H2,(H2,20,25). The Balaban J connectivity index is 2.13. The van der Waals surface area contributed by atoms with E-state index >= 15 is 0 Å². The molecule has 4 rings (SSSR count). The SMILES string of the molecule is N=c1c(C(N)=O)cc2c(=O)n3ccccc3nc2n1Cc1ccncc1. The maximum atomic E-state index is 12.9. The van der Waals surface area contributed by atoms with Crippen molar-refractivity contribution in [1.29, 1.82) is 5.41 Å². The average molecular weight is 346 g/mol. The summed E-state index contributed by atoms with van der Waals surface area (Å²) in [6.45, 7) is 0.258. The van der Waals surface area contributed by atoms with Crippen molar-refractivity contribution in [2.24, 2.45) is 5.73 Å². The molecule has 3 N–H and O–H groups in total. The highest BCUT2D eigenvalue weighted by molar-refractivity contribution is 5.95. The summed E-state index contributed by atoms with van der Waals surface area (Å²) >= 11 is 0. The Morgan fingerprint density at radius 1 is 1.19 bits per heavy atom. The number of nitrogens with two attached hydrogens (primary N) is 1. The minimum absolute atomic E-state index is 0.0265. The Bertz CT molecular complexity index is 1270. The van der Waals surface area contributed by atoms with E-state index in [-0.39, 0.29) is 28.5 Å². The van der Waals surface area contributed by atoms with E-state index in [2.05, 4.69) is 9.97 Å². The van der Waals surface area contributed by atoms with E-state index < -0.39 is 5.91 Å². The fourth-order valence-electron chi connectivity index (χ4n) is 2.90. The fraction of sp³-hybridized carbons (Fsp3) is 0.0556. The number of rotatable bonds is 3. The van der Waals surface area contributed by atoms with Crippen LogP contribution in [0.3, 0.4) is 0 Å². The molecule has 0 aromatic carbocycles. The van der Waals surface area contributed by atoms with Crippen molar-refractivity contribution in [3.63, 3.8) is 0 Å². The smallest absolute Gasteiger partial charge is 0.267 e. The summed E-state index contributed by atoms with van der Waals surface area (Å²) in [6.07, 6.45) is 4.88. The number of nitrogens with one attached hydrogen (secondary N) is 1. The van der Waals surface area contributed by atoms with Gasteiger partial charge in [-0.05, 0) is 35.9 Å². The van der Waals surface area contributed by atoms with E-state index in [9.17, 15) is 9.59 Å². The van der Waals surface area contributed by atoms with Crippen molar-refractivity contribution in [1.82, 2.24) is 18.9 Å². The molecule has 0 saturated heterocycles. The number of carbonyl (C=O) groups excluding carboxylic acids is 1. The van der Waals surface area contributed by atoms with Crippen LogP contribution in [0.2, 0.25) is 0 Å². The summed E-state index contributed by atoms with van der Waals surface area (Å²) < 4.78 is 2.91. The van der Waals surface area contributed by atoms with Crippen molar-refractivity contribution in [3.05, 3.63) is 82.0 Å². The van der Waals surface area contributed by atoms with Crippen LogP contribution in [0.5, 0.6) is 0 Å². The molecule has 0 radical (unpaired) electrons. The van der Waals surface area contributed by atoms with Crippen molar-refractivity contribution < 1.29 is 4.79 Å². The molecule has 8 heteroatoms. The summed E-state index contributed by atoms with van der Waals surface area (Å²) in [5.74, 6) is -0.766. The first-order valence-electron chi connectivity index (χ1n) is 7.84. The van der Waals surface area contributed by atoms with Crippen LogP contribution in [-0.4, -0.2) is 24.8 Å².